The first-order valence-corrected chi connectivity index (χ1v) is 14.4. The van der Waals surface area contributed by atoms with Gasteiger partial charge in [0.05, 0.1) is 6.61 Å². The molecule has 41 heavy (non-hydrogen) atoms. The van der Waals surface area contributed by atoms with Crippen molar-refractivity contribution in [2.75, 3.05) is 19.7 Å². The van der Waals surface area contributed by atoms with Crippen LogP contribution in [0.25, 0.3) is 0 Å². The molecular formula is C32H41NO8. The molecule has 0 radical (unpaired) electrons. The van der Waals surface area contributed by atoms with Crippen LogP contribution in [0.15, 0.2) is 60.7 Å². The molecule has 1 saturated heterocycles. The van der Waals surface area contributed by atoms with Crippen LogP contribution < -0.4 is 0 Å². The number of carboxylic acids is 1. The van der Waals surface area contributed by atoms with Gasteiger partial charge < -0.3 is 25.2 Å². The number of ketones is 1. The number of hydrogen-bond donors (Lipinski definition) is 4. The van der Waals surface area contributed by atoms with Crippen LogP contribution >= 0.6 is 0 Å². The van der Waals surface area contributed by atoms with Crippen molar-refractivity contribution < 1.29 is 39.5 Å². The highest BCUT2D eigenvalue weighted by Gasteiger charge is 2.57. The number of carbonyl (C=O) groups is 3. The van der Waals surface area contributed by atoms with E-state index < -0.39 is 35.5 Å². The summed E-state index contributed by atoms with van der Waals surface area (Å²) in [6.07, 6.45) is 0.0446. The van der Waals surface area contributed by atoms with Gasteiger partial charge >= 0.3 is 11.9 Å². The molecule has 2 aliphatic carbocycles. The number of hydrogen-bond acceptors (Lipinski definition) is 8. The number of Topliss-reactive ketones (excluding diaryl/α,β-unsaturated/α-hetero) is 1. The molecule has 3 aliphatic rings. The van der Waals surface area contributed by atoms with Crippen molar-refractivity contribution in [3.05, 3.63) is 71.8 Å². The summed E-state index contributed by atoms with van der Waals surface area (Å²) in [5.74, 6) is -1.23. The van der Waals surface area contributed by atoms with Gasteiger partial charge in [-0.2, -0.15) is 0 Å². The fourth-order valence-electron chi connectivity index (χ4n) is 6.38. The molecule has 2 saturated carbocycles. The Bertz CT molecular complexity index is 1150. The van der Waals surface area contributed by atoms with Crippen LogP contribution in [0.3, 0.4) is 0 Å². The van der Waals surface area contributed by atoms with Crippen LogP contribution in [-0.2, 0) is 24.7 Å². The zero-order valence-electron chi connectivity index (χ0n) is 23.6. The van der Waals surface area contributed by atoms with Gasteiger partial charge in [0.25, 0.3) is 0 Å². The van der Waals surface area contributed by atoms with Gasteiger partial charge in [0.1, 0.15) is 6.10 Å². The van der Waals surface area contributed by atoms with Crippen molar-refractivity contribution in [1.82, 2.24) is 4.90 Å². The summed E-state index contributed by atoms with van der Waals surface area (Å²) in [4.78, 5) is 35.8. The Morgan fingerprint density at radius 1 is 0.927 bits per heavy atom. The highest BCUT2D eigenvalue weighted by atomic mass is 16.6. The van der Waals surface area contributed by atoms with Crippen molar-refractivity contribution in [2.24, 2.45) is 23.7 Å². The molecule has 0 aromatic heterocycles. The molecule has 0 bridgehead atoms. The Labute approximate surface area is 240 Å². The molecule has 0 amide bonds. The van der Waals surface area contributed by atoms with Crippen LogP contribution in [-0.4, -0.2) is 75.0 Å². The Balaban J connectivity index is 0.000000334. The fraction of sp³-hybridized carbons (Fsp3) is 0.531. The number of carboxylic acid groups (broad SMARTS) is 1. The van der Waals surface area contributed by atoms with Crippen LogP contribution in [0.4, 0.5) is 0 Å². The standard InChI is InChI=1S/C27H33NO3.C5H8O5/c1-19(20-10-4-2-5-11-20)28-16-23-24(17-28)25(23)18-31-26(29)27(30,22-14-8-9-15-22)21-12-6-3-7-13-21;1-2(6)3(7)4(8)5(9)10/h2-7,10-13,19,22-25,30H,8-9,14-18H2,1H3;3-4,7-8H,1H3,(H,9,10)/t;3-,4+/m.0/s1. The van der Waals surface area contributed by atoms with E-state index in [-0.39, 0.29) is 5.92 Å². The van der Waals surface area contributed by atoms with Crippen LogP contribution in [0.1, 0.15) is 56.7 Å². The summed E-state index contributed by atoms with van der Waals surface area (Å²) in [7, 11) is 0. The average Bonchev–Trinajstić information content (AvgIpc) is 3.37. The first-order chi connectivity index (χ1) is 19.6. The number of benzene rings is 2. The van der Waals surface area contributed by atoms with E-state index in [1.807, 2.05) is 30.3 Å². The van der Waals surface area contributed by atoms with Crippen LogP contribution in [0.2, 0.25) is 0 Å². The summed E-state index contributed by atoms with van der Waals surface area (Å²) in [5, 5.41) is 36.7. The Kier molecular flexibility index (Phi) is 9.96. The maximum Gasteiger partial charge on any atom is 0.343 e. The third-order valence-corrected chi connectivity index (χ3v) is 9.08. The molecule has 2 aromatic carbocycles. The molecule has 4 N–H and O–H groups in total. The predicted molar refractivity (Wildman–Crippen MR) is 150 cm³/mol. The third kappa shape index (κ3) is 6.86. The number of nitrogens with zero attached hydrogens (tertiary/aromatic N) is 1. The lowest BCUT2D eigenvalue weighted by Crippen LogP contribution is -2.43. The summed E-state index contributed by atoms with van der Waals surface area (Å²) >= 11 is 0. The maximum atomic E-state index is 13.2. The van der Waals surface area contributed by atoms with E-state index in [2.05, 4.69) is 42.2 Å². The Hall–Kier alpha value is -3.11. The minimum Gasteiger partial charge on any atom is -0.479 e. The molecule has 1 heterocycles. The molecule has 3 fully saturated rings. The number of aliphatic carboxylic acids is 1. The number of aliphatic hydroxyl groups excluding tert-OH is 2. The van der Waals surface area contributed by atoms with Crippen molar-refractivity contribution in [3.63, 3.8) is 0 Å². The first kappa shape index (κ1) is 30.8. The molecule has 9 nitrogen and oxygen atoms in total. The van der Waals surface area contributed by atoms with Gasteiger partial charge in [-0.1, -0.05) is 73.5 Å². The van der Waals surface area contributed by atoms with Gasteiger partial charge in [-0.15, -0.1) is 0 Å². The quantitative estimate of drug-likeness (QED) is 0.319. The van der Waals surface area contributed by atoms with E-state index in [0.29, 0.717) is 36.0 Å². The summed E-state index contributed by atoms with van der Waals surface area (Å²) in [6.45, 7) is 5.83. The average molecular weight is 568 g/mol. The zero-order valence-corrected chi connectivity index (χ0v) is 23.6. The van der Waals surface area contributed by atoms with E-state index in [1.165, 1.54) is 5.56 Å². The van der Waals surface area contributed by atoms with E-state index in [9.17, 15) is 19.5 Å². The lowest BCUT2D eigenvalue weighted by Gasteiger charge is -2.32. The number of ether oxygens (including phenoxy) is 1. The number of fused-ring (bicyclic) bond motifs is 1. The van der Waals surface area contributed by atoms with E-state index in [1.54, 1.807) is 0 Å². The number of esters is 1. The lowest BCUT2D eigenvalue weighted by atomic mass is 9.80. The van der Waals surface area contributed by atoms with Crippen molar-refractivity contribution in [3.8, 4) is 0 Å². The minimum absolute atomic E-state index is 0.0525. The number of likely N-dealkylation sites (tertiary alicyclic amines) is 1. The van der Waals surface area contributed by atoms with Gasteiger partial charge in [0, 0.05) is 31.0 Å². The van der Waals surface area contributed by atoms with Crippen molar-refractivity contribution in [2.45, 2.75) is 63.4 Å². The molecule has 1 aliphatic heterocycles. The van der Waals surface area contributed by atoms with E-state index in [4.69, 9.17) is 20.1 Å². The van der Waals surface area contributed by atoms with Gasteiger partial charge in [0.15, 0.2) is 17.5 Å². The van der Waals surface area contributed by atoms with Gasteiger partial charge in [-0.3, -0.25) is 9.69 Å². The monoisotopic (exact) mass is 567 g/mol. The third-order valence-electron chi connectivity index (χ3n) is 9.08. The molecule has 4 unspecified atom stereocenters. The largest absolute Gasteiger partial charge is 0.479 e. The highest BCUT2D eigenvalue weighted by molar-refractivity contribution is 5.87. The second-order valence-corrected chi connectivity index (χ2v) is 11.6. The molecule has 222 valence electrons. The van der Waals surface area contributed by atoms with Gasteiger partial charge in [0.2, 0.25) is 0 Å². The molecule has 2 aromatic rings. The molecule has 9 heteroatoms. The van der Waals surface area contributed by atoms with Crippen molar-refractivity contribution >= 4 is 17.7 Å². The number of piperidine rings is 1. The normalized spacial score (nSPS) is 25.5. The SMILES string of the molecule is CC(=O)[C@H](O)[C@@H](O)C(=O)O.CC(c1ccccc1)N1CC2C(COC(=O)C(O)(c3ccccc3)C3CCCC3)C2C1. The van der Waals surface area contributed by atoms with Crippen molar-refractivity contribution in [1.29, 1.82) is 0 Å². The van der Waals surface area contributed by atoms with E-state index in [0.717, 1.165) is 45.7 Å². The van der Waals surface area contributed by atoms with E-state index >= 15 is 0 Å². The second-order valence-electron chi connectivity index (χ2n) is 11.6. The van der Waals surface area contributed by atoms with Gasteiger partial charge in [-0.25, -0.2) is 9.59 Å². The summed E-state index contributed by atoms with van der Waals surface area (Å²) in [6, 6.07) is 20.5. The van der Waals surface area contributed by atoms with Crippen LogP contribution in [0, 0.1) is 23.7 Å². The first-order valence-electron chi connectivity index (χ1n) is 14.4. The smallest absolute Gasteiger partial charge is 0.343 e. The Morgan fingerprint density at radius 2 is 1.46 bits per heavy atom. The molecular weight excluding hydrogens is 526 g/mol. The topological polar surface area (TPSA) is 145 Å². The highest BCUT2D eigenvalue weighted by Crippen LogP contribution is 2.53. The van der Waals surface area contributed by atoms with Gasteiger partial charge in [-0.05, 0) is 49.7 Å². The lowest BCUT2D eigenvalue weighted by molar-refractivity contribution is -0.174. The number of aliphatic hydroxyl groups is 3. The number of carbonyl (C=O) groups excluding carboxylic acids is 2. The Morgan fingerprint density at radius 3 is 1.95 bits per heavy atom. The molecule has 0 spiro atoms. The maximum absolute atomic E-state index is 13.2. The minimum atomic E-state index is -2.02. The summed E-state index contributed by atoms with van der Waals surface area (Å²) < 4.78 is 5.81. The summed E-state index contributed by atoms with van der Waals surface area (Å²) in [5.41, 5.74) is 0.511. The molecule has 6 atom stereocenters. The predicted octanol–water partition coefficient (Wildman–Crippen LogP) is 2.93. The second kappa shape index (κ2) is 13.2. The van der Waals surface area contributed by atoms with Crippen LogP contribution in [0.5, 0.6) is 0 Å². The fourth-order valence-corrected chi connectivity index (χ4v) is 6.38. The molecule has 5 rings (SSSR count). The zero-order chi connectivity index (χ0) is 29.7. The number of rotatable bonds is 10.